The fraction of sp³-hybridized carbons (Fsp3) is 0.857. The van der Waals surface area contributed by atoms with Gasteiger partial charge in [0.05, 0.1) is 25.0 Å². The zero-order valence-electron chi connectivity index (χ0n) is 9.38. The predicted octanol–water partition coefficient (Wildman–Crippen LogP) is -1.85. The van der Waals surface area contributed by atoms with Crippen molar-refractivity contribution in [1.82, 2.24) is 4.72 Å². The van der Waals surface area contributed by atoms with Crippen molar-refractivity contribution in [2.24, 2.45) is 5.14 Å². The smallest absolute Gasteiger partial charge is 0.306 e. The van der Waals surface area contributed by atoms with Crippen LogP contribution in [0.3, 0.4) is 0 Å². The van der Waals surface area contributed by atoms with Crippen LogP contribution in [0.1, 0.15) is 12.8 Å². The number of carbonyl (C=O) groups is 1. The lowest BCUT2D eigenvalue weighted by atomic mass is 10.5. The Morgan fingerprint density at radius 3 is 2.29 bits per heavy atom. The number of carbonyl (C=O) groups excluding carboxylic acids is 1. The molecule has 0 spiro atoms. The van der Waals surface area contributed by atoms with Crippen molar-refractivity contribution < 1.29 is 26.4 Å². The summed E-state index contributed by atoms with van der Waals surface area (Å²) in [5, 5.41) is 4.74. The van der Waals surface area contributed by atoms with Gasteiger partial charge >= 0.3 is 5.97 Å². The van der Waals surface area contributed by atoms with Gasteiger partial charge in [-0.25, -0.2) is 26.7 Å². The van der Waals surface area contributed by atoms with Crippen LogP contribution in [0.4, 0.5) is 0 Å². The topological polar surface area (TPSA) is 133 Å². The van der Waals surface area contributed by atoms with Gasteiger partial charge in [0.2, 0.25) is 20.0 Å². The zero-order chi connectivity index (χ0) is 13.5. The molecule has 0 fully saturated rings. The average molecular weight is 288 g/mol. The molecule has 0 saturated heterocycles. The second kappa shape index (κ2) is 6.89. The standard InChI is InChI=1S/C7H16N2O6S2/c1-15-7(10)3-6-17(13,14)9-4-2-5-16(8,11)12/h9H,2-6H2,1H3,(H2,8,11,12). The minimum Gasteiger partial charge on any atom is -0.469 e. The minimum atomic E-state index is -3.59. The first-order valence-electron chi connectivity index (χ1n) is 4.71. The van der Waals surface area contributed by atoms with Crippen LogP contribution >= 0.6 is 0 Å². The zero-order valence-corrected chi connectivity index (χ0v) is 11.0. The molecule has 17 heavy (non-hydrogen) atoms. The molecular formula is C7H16N2O6S2. The predicted molar refractivity (Wildman–Crippen MR) is 61.0 cm³/mol. The first-order chi connectivity index (χ1) is 7.66. The third-order valence-electron chi connectivity index (χ3n) is 1.73. The van der Waals surface area contributed by atoms with E-state index in [2.05, 4.69) is 9.46 Å². The number of hydrogen-bond donors (Lipinski definition) is 2. The first kappa shape index (κ1) is 16.3. The van der Waals surface area contributed by atoms with Crippen LogP contribution in [0.25, 0.3) is 0 Å². The van der Waals surface area contributed by atoms with Crippen molar-refractivity contribution in [3.8, 4) is 0 Å². The number of rotatable bonds is 8. The highest BCUT2D eigenvalue weighted by molar-refractivity contribution is 7.89. The highest BCUT2D eigenvalue weighted by Gasteiger charge is 2.13. The lowest BCUT2D eigenvalue weighted by Crippen LogP contribution is -2.30. The van der Waals surface area contributed by atoms with Crippen LogP contribution in [0.15, 0.2) is 0 Å². The molecule has 0 amide bonds. The Kier molecular flexibility index (Phi) is 6.60. The van der Waals surface area contributed by atoms with Crippen molar-refractivity contribution in [2.45, 2.75) is 12.8 Å². The van der Waals surface area contributed by atoms with Crippen molar-refractivity contribution in [1.29, 1.82) is 0 Å². The van der Waals surface area contributed by atoms with E-state index in [1.807, 2.05) is 0 Å². The Balaban J connectivity index is 3.91. The molecule has 0 aromatic heterocycles. The maximum atomic E-state index is 11.3. The van der Waals surface area contributed by atoms with Gasteiger partial charge in [-0.1, -0.05) is 0 Å². The minimum absolute atomic E-state index is 0.0417. The molecule has 0 heterocycles. The largest absolute Gasteiger partial charge is 0.469 e. The van der Waals surface area contributed by atoms with Crippen LogP contribution < -0.4 is 9.86 Å². The summed E-state index contributed by atoms with van der Waals surface area (Å²) >= 11 is 0. The fourth-order valence-corrected chi connectivity index (χ4v) is 2.47. The van der Waals surface area contributed by atoms with E-state index in [0.29, 0.717) is 0 Å². The summed E-state index contributed by atoms with van der Waals surface area (Å²) in [6, 6.07) is 0. The van der Waals surface area contributed by atoms with Gasteiger partial charge in [0.15, 0.2) is 0 Å². The Morgan fingerprint density at radius 2 is 1.82 bits per heavy atom. The van der Waals surface area contributed by atoms with E-state index >= 15 is 0 Å². The lowest BCUT2D eigenvalue weighted by Gasteiger charge is -2.05. The van der Waals surface area contributed by atoms with Gasteiger partial charge in [-0.2, -0.15) is 0 Å². The average Bonchev–Trinajstić information content (AvgIpc) is 2.20. The number of nitrogens with two attached hydrogens (primary N) is 1. The summed E-state index contributed by atoms with van der Waals surface area (Å²) in [5.74, 6) is -1.32. The summed E-state index contributed by atoms with van der Waals surface area (Å²) < 4.78 is 50.1. The number of sulfonamides is 2. The quantitative estimate of drug-likeness (QED) is 0.398. The molecule has 0 radical (unpaired) electrons. The Bertz CT molecular complexity index is 441. The summed E-state index contributed by atoms with van der Waals surface area (Å²) in [4.78, 5) is 10.7. The van der Waals surface area contributed by atoms with Gasteiger partial charge in [-0.05, 0) is 6.42 Å². The summed E-state index contributed by atoms with van der Waals surface area (Å²) in [7, 11) is -6.01. The third-order valence-corrected chi connectivity index (χ3v) is 3.97. The van der Waals surface area contributed by atoms with Crippen molar-refractivity contribution in [2.75, 3.05) is 25.2 Å². The number of methoxy groups -OCH3 is 1. The number of ether oxygens (including phenoxy) is 1. The van der Waals surface area contributed by atoms with E-state index in [1.165, 1.54) is 0 Å². The molecule has 102 valence electrons. The number of hydrogen-bond acceptors (Lipinski definition) is 6. The van der Waals surface area contributed by atoms with Gasteiger partial charge < -0.3 is 4.74 Å². The van der Waals surface area contributed by atoms with E-state index < -0.39 is 31.8 Å². The fourth-order valence-electron chi connectivity index (χ4n) is 0.893. The Hall–Kier alpha value is -0.710. The molecule has 0 bridgehead atoms. The van der Waals surface area contributed by atoms with E-state index in [4.69, 9.17) is 5.14 Å². The molecule has 10 heteroatoms. The van der Waals surface area contributed by atoms with Crippen molar-refractivity contribution in [3.05, 3.63) is 0 Å². The Labute approximate surface area is 101 Å². The van der Waals surface area contributed by atoms with Gasteiger partial charge in [-0.3, -0.25) is 4.79 Å². The van der Waals surface area contributed by atoms with Crippen molar-refractivity contribution in [3.63, 3.8) is 0 Å². The van der Waals surface area contributed by atoms with Gasteiger partial charge in [0.25, 0.3) is 0 Å². The van der Waals surface area contributed by atoms with E-state index in [1.54, 1.807) is 0 Å². The number of nitrogens with one attached hydrogen (secondary N) is 1. The van der Waals surface area contributed by atoms with E-state index in [0.717, 1.165) is 7.11 Å². The highest BCUT2D eigenvalue weighted by atomic mass is 32.2. The Morgan fingerprint density at radius 1 is 1.24 bits per heavy atom. The van der Waals surface area contributed by atoms with Crippen LogP contribution in [0.5, 0.6) is 0 Å². The molecule has 0 unspecified atom stereocenters. The summed E-state index contributed by atoms with van der Waals surface area (Å²) in [6.45, 7) is -0.0417. The summed E-state index contributed by atoms with van der Waals surface area (Å²) in [5.41, 5.74) is 0. The molecule has 0 aromatic carbocycles. The normalized spacial score (nSPS) is 12.4. The molecule has 0 aliphatic rings. The number of esters is 1. The molecule has 0 aliphatic heterocycles. The molecule has 0 saturated carbocycles. The van der Waals surface area contributed by atoms with Gasteiger partial charge in [-0.15, -0.1) is 0 Å². The van der Waals surface area contributed by atoms with Crippen LogP contribution in [0, 0.1) is 0 Å². The maximum absolute atomic E-state index is 11.3. The molecule has 0 atom stereocenters. The monoisotopic (exact) mass is 288 g/mol. The molecule has 0 aromatic rings. The van der Waals surface area contributed by atoms with Crippen LogP contribution in [-0.4, -0.2) is 48.0 Å². The third kappa shape index (κ3) is 10.2. The second-order valence-corrected chi connectivity index (χ2v) is 6.92. The van der Waals surface area contributed by atoms with Gasteiger partial charge in [0.1, 0.15) is 0 Å². The SMILES string of the molecule is COC(=O)CCS(=O)(=O)NCCCS(N)(=O)=O. The number of primary sulfonamides is 1. The molecule has 0 aliphatic carbocycles. The van der Waals surface area contributed by atoms with Gasteiger partial charge in [0, 0.05) is 6.54 Å². The first-order valence-corrected chi connectivity index (χ1v) is 8.08. The molecule has 8 nitrogen and oxygen atoms in total. The molecule has 0 rings (SSSR count). The maximum Gasteiger partial charge on any atom is 0.306 e. The second-order valence-electron chi connectivity index (χ2n) is 3.26. The summed E-state index contributed by atoms with van der Waals surface area (Å²) in [6.07, 6.45) is -0.169. The lowest BCUT2D eigenvalue weighted by molar-refractivity contribution is -0.140. The molecule has 3 N–H and O–H groups in total. The van der Waals surface area contributed by atoms with Crippen LogP contribution in [-0.2, 0) is 29.6 Å². The van der Waals surface area contributed by atoms with E-state index in [-0.39, 0.29) is 25.1 Å². The van der Waals surface area contributed by atoms with E-state index in [9.17, 15) is 21.6 Å². The van der Waals surface area contributed by atoms with Crippen molar-refractivity contribution >= 4 is 26.0 Å². The van der Waals surface area contributed by atoms with Crippen LogP contribution in [0.2, 0.25) is 0 Å². The highest BCUT2D eigenvalue weighted by Crippen LogP contribution is 1.93. The molecular weight excluding hydrogens is 272 g/mol.